The molecule has 18 heavy (non-hydrogen) atoms. The number of carbonyl (C=O) groups is 1. The number of ether oxygens (including phenoxy) is 1. The second-order valence-electron chi connectivity index (χ2n) is 4.58. The van der Waals surface area contributed by atoms with E-state index in [-0.39, 0.29) is 11.4 Å². The van der Waals surface area contributed by atoms with E-state index in [1.807, 2.05) is 0 Å². The van der Waals surface area contributed by atoms with Crippen LogP contribution in [-0.2, 0) is 4.74 Å². The van der Waals surface area contributed by atoms with E-state index in [4.69, 9.17) is 10.5 Å². The first-order chi connectivity index (χ1) is 8.72. The van der Waals surface area contributed by atoms with Crippen molar-refractivity contribution in [1.29, 1.82) is 0 Å². The number of hydrogen-bond donors (Lipinski definition) is 1. The molecule has 1 aliphatic rings. The fraction of sp³-hybridized carbons (Fsp3) is 0.615. The van der Waals surface area contributed by atoms with Gasteiger partial charge in [0.05, 0.1) is 6.61 Å². The van der Waals surface area contributed by atoms with E-state index < -0.39 is 5.97 Å². The standard InChI is InChI=1S/C13H19N3O2/c1-2-18-13(17)10-8-15-12(16-11(10)14)9-6-4-3-5-7-9/h8-9H,2-7H2,1H3,(H2,14,15,16). The Labute approximate surface area is 107 Å². The van der Waals surface area contributed by atoms with Gasteiger partial charge in [-0.1, -0.05) is 19.3 Å². The van der Waals surface area contributed by atoms with Crippen molar-refractivity contribution in [1.82, 2.24) is 9.97 Å². The van der Waals surface area contributed by atoms with Gasteiger partial charge in [-0.25, -0.2) is 14.8 Å². The van der Waals surface area contributed by atoms with E-state index in [1.165, 1.54) is 25.5 Å². The van der Waals surface area contributed by atoms with Crippen LogP contribution in [0.2, 0.25) is 0 Å². The number of aromatic nitrogens is 2. The molecule has 2 N–H and O–H groups in total. The number of nitrogens with two attached hydrogens (primary N) is 1. The number of hydrogen-bond acceptors (Lipinski definition) is 5. The third kappa shape index (κ3) is 2.78. The molecule has 0 amide bonds. The highest BCUT2D eigenvalue weighted by Gasteiger charge is 2.20. The van der Waals surface area contributed by atoms with Gasteiger partial charge in [0.1, 0.15) is 17.2 Å². The second kappa shape index (κ2) is 5.80. The van der Waals surface area contributed by atoms with Crippen molar-refractivity contribution in [2.24, 2.45) is 0 Å². The number of nitrogens with zero attached hydrogens (tertiary/aromatic N) is 2. The molecule has 98 valence electrons. The van der Waals surface area contributed by atoms with Crippen LogP contribution in [0.3, 0.4) is 0 Å². The van der Waals surface area contributed by atoms with Gasteiger partial charge in [0.2, 0.25) is 0 Å². The minimum absolute atomic E-state index is 0.226. The fourth-order valence-corrected chi connectivity index (χ4v) is 2.33. The van der Waals surface area contributed by atoms with Crippen LogP contribution < -0.4 is 5.73 Å². The number of esters is 1. The van der Waals surface area contributed by atoms with Gasteiger partial charge >= 0.3 is 5.97 Å². The summed E-state index contributed by atoms with van der Waals surface area (Å²) in [5.74, 6) is 0.923. The van der Waals surface area contributed by atoms with Crippen molar-refractivity contribution in [2.45, 2.75) is 44.9 Å². The first-order valence-corrected chi connectivity index (χ1v) is 6.52. The molecule has 1 fully saturated rings. The van der Waals surface area contributed by atoms with Crippen LogP contribution >= 0.6 is 0 Å². The van der Waals surface area contributed by atoms with Crippen molar-refractivity contribution in [2.75, 3.05) is 12.3 Å². The zero-order valence-electron chi connectivity index (χ0n) is 10.7. The topological polar surface area (TPSA) is 78.1 Å². The van der Waals surface area contributed by atoms with Gasteiger partial charge in [0, 0.05) is 12.1 Å². The van der Waals surface area contributed by atoms with Gasteiger partial charge in [0.25, 0.3) is 0 Å². The van der Waals surface area contributed by atoms with Crippen molar-refractivity contribution >= 4 is 11.8 Å². The van der Waals surface area contributed by atoms with Crippen LogP contribution in [-0.4, -0.2) is 22.5 Å². The lowest BCUT2D eigenvalue weighted by Gasteiger charge is -2.20. The largest absolute Gasteiger partial charge is 0.462 e. The molecule has 1 aromatic rings. The average Bonchev–Trinajstić information content (AvgIpc) is 2.40. The van der Waals surface area contributed by atoms with Crippen LogP contribution in [0.5, 0.6) is 0 Å². The predicted octanol–water partition coefficient (Wildman–Crippen LogP) is 2.28. The summed E-state index contributed by atoms with van der Waals surface area (Å²) in [6.07, 6.45) is 7.43. The monoisotopic (exact) mass is 249 g/mol. The molecule has 0 aromatic carbocycles. The Morgan fingerprint density at radius 1 is 1.44 bits per heavy atom. The molecular formula is C13H19N3O2. The zero-order valence-corrected chi connectivity index (χ0v) is 10.7. The van der Waals surface area contributed by atoms with Crippen molar-refractivity contribution < 1.29 is 9.53 Å². The maximum atomic E-state index is 11.6. The van der Waals surface area contributed by atoms with Crippen LogP contribution in [0, 0.1) is 0 Å². The lowest BCUT2D eigenvalue weighted by Crippen LogP contribution is -2.14. The summed E-state index contributed by atoms with van der Waals surface area (Å²) >= 11 is 0. The third-order valence-electron chi connectivity index (χ3n) is 3.30. The highest BCUT2D eigenvalue weighted by Crippen LogP contribution is 2.31. The molecule has 0 spiro atoms. The van der Waals surface area contributed by atoms with Crippen molar-refractivity contribution in [3.63, 3.8) is 0 Å². The van der Waals surface area contributed by atoms with Gasteiger partial charge in [-0.05, 0) is 19.8 Å². The average molecular weight is 249 g/mol. The predicted molar refractivity (Wildman–Crippen MR) is 68.2 cm³/mol. The van der Waals surface area contributed by atoms with Gasteiger partial charge in [-0.3, -0.25) is 0 Å². The normalized spacial score (nSPS) is 16.5. The molecule has 0 saturated heterocycles. The molecule has 1 aliphatic carbocycles. The zero-order chi connectivity index (χ0) is 13.0. The van der Waals surface area contributed by atoms with Gasteiger partial charge in [-0.2, -0.15) is 0 Å². The molecule has 0 radical (unpaired) electrons. The van der Waals surface area contributed by atoms with Crippen molar-refractivity contribution in [3.05, 3.63) is 17.6 Å². The van der Waals surface area contributed by atoms with Crippen LogP contribution in [0.15, 0.2) is 6.20 Å². The Hall–Kier alpha value is -1.65. The molecule has 0 atom stereocenters. The molecule has 5 nitrogen and oxygen atoms in total. The summed E-state index contributed by atoms with van der Waals surface area (Å²) in [6.45, 7) is 2.08. The number of carbonyl (C=O) groups excluding carboxylic acids is 1. The molecule has 0 bridgehead atoms. The van der Waals surface area contributed by atoms with E-state index in [9.17, 15) is 4.79 Å². The summed E-state index contributed by atoms with van der Waals surface area (Å²) in [5.41, 5.74) is 6.07. The van der Waals surface area contributed by atoms with Crippen molar-refractivity contribution in [3.8, 4) is 0 Å². The Bertz CT molecular complexity index is 428. The summed E-state index contributed by atoms with van der Waals surface area (Å²) in [5, 5.41) is 0. The minimum atomic E-state index is -0.454. The molecule has 1 aromatic heterocycles. The third-order valence-corrected chi connectivity index (χ3v) is 3.30. The first-order valence-electron chi connectivity index (χ1n) is 6.52. The molecule has 1 heterocycles. The summed E-state index contributed by atoms with van der Waals surface area (Å²) < 4.78 is 4.90. The van der Waals surface area contributed by atoms with Crippen LogP contribution in [0.4, 0.5) is 5.82 Å². The maximum absolute atomic E-state index is 11.6. The molecule has 0 unspecified atom stereocenters. The molecular weight excluding hydrogens is 230 g/mol. The Morgan fingerprint density at radius 3 is 2.78 bits per heavy atom. The molecule has 0 aliphatic heterocycles. The van der Waals surface area contributed by atoms with E-state index in [1.54, 1.807) is 6.92 Å². The number of nitrogen functional groups attached to an aromatic ring is 1. The van der Waals surface area contributed by atoms with E-state index in [0.29, 0.717) is 12.5 Å². The Kier molecular flexibility index (Phi) is 4.12. The van der Waals surface area contributed by atoms with Gasteiger partial charge in [-0.15, -0.1) is 0 Å². The van der Waals surface area contributed by atoms with Gasteiger partial charge < -0.3 is 10.5 Å². The van der Waals surface area contributed by atoms with Gasteiger partial charge in [0.15, 0.2) is 0 Å². The first kappa shape index (κ1) is 12.8. The van der Waals surface area contributed by atoms with Crippen LogP contribution in [0.1, 0.15) is 61.1 Å². The lowest BCUT2D eigenvalue weighted by molar-refractivity contribution is 0.0526. The second-order valence-corrected chi connectivity index (χ2v) is 4.58. The Morgan fingerprint density at radius 2 is 2.17 bits per heavy atom. The quantitative estimate of drug-likeness (QED) is 0.831. The lowest BCUT2D eigenvalue weighted by atomic mass is 9.88. The molecule has 1 saturated carbocycles. The maximum Gasteiger partial charge on any atom is 0.343 e. The smallest absolute Gasteiger partial charge is 0.343 e. The summed E-state index contributed by atoms with van der Waals surface area (Å²) in [6, 6.07) is 0. The molecule has 2 rings (SSSR count). The van der Waals surface area contributed by atoms with E-state index >= 15 is 0 Å². The minimum Gasteiger partial charge on any atom is -0.462 e. The summed E-state index contributed by atoms with van der Waals surface area (Å²) in [7, 11) is 0. The molecule has 5 heteroatoms. The van der Waals surface area contributed by atoms with E-state index in [2.05, 4.69) is 9.97 Å². The number of anilines is 1. The Balaban J connectivity index is 2.16. The number of rotatable bonds is 3. The summed E-state index contributed by atoms with van der Waals surface area (Å²) in [4.78, 5) is 20.1. The SMILES string of the molecule is CCOC(=O)c1cnc(C2CCCCC2)nc1N. The van der Waals surface area contributed by atoms with Crippen LogP contribution in [0.25, 0.3) is 0 Å². The fourth-order valence-electron chi connectivity index (χ4n) is 2.33. The highest BCUT2D eigenvalue weighted by molar-refractivity contribution is 5.93. The van der Waals surface area contributed by atoms with E-state index in [0.717, 1.165) is 18.7 Å². The highest BCUT2D eigenvalue weighted by atomic mass is 16.5.